The molecule has 0 heterocycles. The third-order valence-corrected chi connectivity index (χ3v) is 3.34. The largest absolute Gasteiger partial charge is 0.342 e. The normalized spacial score (nSPS) is 12.1. The maximum Gasteiger partial charge on any atom is 0.223 e. The summed E-state index contributed by atoms with van der Waals surface area (Å²) in [5.41, 5.74) is 0. The van der Waals surface area contributed by atoms with Crippen LogP contribution in [0, 0.1) is 11.8 Å². The van der Waals surface area contributed by atoms with Crippen molar-refractivity contribution in [2.24, 2.45) is 11.8 Å². The molecule has 0 unspecified atom stereocenters. The summed E-state index contributed by atoms with van der Waals surface area (Å²) in [6.07, 6.45) is 0. The summed E-state index contributed by atoms with van der Waals surface area (Å²) in [4.78, 5) is 11.1. The van der Waals surface area contributed by atoms with E-state index in [9.17, 15) is 13.2 Å². The monoisotopic (exact) mass is 221 g/mol. The molecule has 0 radical (unpaired) electrons. The van der Waals surface area contributed by atoms with E-state index >= 15 is 0 Å². The van der Waals surface area contributed by atoms with Gasteiger partial charge in [0.15, 0.2) is 9.84 Å². The molecule has 0 saturated heterocycles. The van der Waals surface area contributed by atoms with E-state index in [1.165, 1.54) is 0 Å². The number of nitrogens with one attached hydrogen (secondary N) is 1. The van der Waals surface area contributed by atoms with Crippen LogP contribution >= 0.6 is 0 Å². The van der Waals surface area contributed by atoms with Gasteiger partial charge in [-0.1, -0.05) is 27.7 Å². The first-order valence-electron chi connectivity index (χ1n) is 4.72. The number of carbonyl (C=O) groups excluding carboxylic acids is 1. The standard InChI is InChI=1S/C9H19NO3S/c1-7(2)5-14(12,13)6-10-9(11)8(3)4/h7-8H,5-6H2,1-4H3,(H,10,11). The van der Waals surface area contributed by atoms with Gasteiger partial charge in [0, 0.05) is 5.92 Å². The van der Waals surface area contributed by atoms with Crippen molar-refractivity contribution in [2.45, 2.75) is 27.7 Å². The van der Waals surface area contributed by atoms with E-state index in [4.69, 9.17) is 0 Å². The lowest BCUT2D eigenvalue weighted by atomic mass is 10.2. The number of carbonyl (C=O) groups is 1. The van der Waals surface area contributed by atoms with Gasteiger partial charge in [-0.2, -0.15) is 0 Å². The average molecular weight is 221 g/mol. The summed E-state index contributed by atoms with van der Waals surface area (Å²) in [5.74, 6) is -0.439. The van der Waals surface area contributed by atoms with Crippen LogP contribution in [0.3, 0.4) is 0 Å². The Labute approximate surface area is 86.0 Å². The van der Waals surface area contributed by atoms with Crippen molar-refractivity contribution in [3.05, 3.63) is 0 Å². The third kappa shape index (κ3) is 5.96. The maximum absolute atomic E-state index is 11.4. The van der Waals surface area contributed by atoms with Crippen molar-refractivity contribution < 1.29 is 13.2 Å². The Balaban J connectivity index is 4.07. The van der Waals surface area contributed by atoms with Crippen molar-refractivity contribution in [1.29, 1.82) is 0 Å². The molecule has 4 nitrogen and oxygen atoms in total. The Kier molecular flexibility index (Phi) is 5.12. The summed E-state index contributed by atoms with van der Waals surface area (Å²) in [6.45, 7) is 7.12. The first-order valence-corrected chi connectivity index (χ1v) is 6.55. The highest BCUT2D eigenvalue weighted by Gasteiger charge is 2.15. The van der Waals surface area contributed by atoms with Gasteiger partial charge < -0.3 is 5.32 Å². The van der Waals surface area contributed by atoms with Crippen LogP contribution in [0.1, 0.15) is 27.7 Å². The Hall–Kier alpha value is -0.580. The molecule has 5 heteroatoms. The van der Waals surface area contributed by atoms with Crippen LogP contribution in [0.5, 0.6) is 0 Å². The Bertz CT molecular complexity index is 280. The number of hydrogen-bond donors (Lipinski definition) is 1. The zero-order valence-electron chi connectivity index (χ0n) is 9.20. The van der Waals surface area contributed by atoms with Crippen LogP contribution in [0.2, 0.25) is 0 Å². The van der Waals surface area contributed by atoms with Gasteiger partial charge >= 0.3 is 0 Å². The zero-order valence-corrected chi connectivity index (χ0v) is 10.0. The second-order valence-electron chi connectivity index (χ2n) is 4.14. The molecule has 84 valence electrons. The highest BCUT2D eigenvalue weighted by atomic mass is 32.2. The number of hydrogen-bond acceptors (Lipinski definition) is 3. The maximum atomic E-state index is 11.4. The van der Waals surface area contributed by atoms with Crippen LogP contribution in [0.4, 0.5) is 0 Å². The van der Waals surface area contributed by atoms with Gasteiger partial charge in [0.2, 0.25) is 5.91 Å². The summed E-state index contributed by atoms with van der Waals surface area (Å²) in [6, 6.07) is 0. The lowest BCUT2D eigenvalue weighted by Gasteiger charge is -2.09. The van der Waals surface area contributed by atoms with Gasteiger partial charge in [0.25, 0.3) is 0 Å². The molecule has 0 aromatic rings. The van der Waals surface area contributed by atoms with E-state index in [1.54, 1.807) is 13.8 Å². The van der Waals surface area contributed by atoms with Gasteiger partial charge in [-0.3, -0.25) is 4.79 Å². The SMILES string of the molecule is CC(C)CS(=O)(=O)CNC(=O)C(C)C. The minimum atomic E-state index is -3.14. The molecule has 0 spiro atoms. The number of sulfone groups is 1. The van der Waals surface area contributed by atoms with Gasteiger partial charge in [-0.05, 0) is 5.92 Å². The van der Waals surface area contributed by atoms with Crippen molar-refractivity contribution >= 4 is 15.7 Å². The summed E-state index contributed by atoms with van der Waals surface area (Å²) in [5, 5.41) is 2.40. The van der Waals surface area contributed by atoms with Crippen molar-refractivity contribution in [3.63, 3.8) is 0 Å². The summed E-state index contributed by atoms with van der Waals surface area (Å²) < 4.78 is 22.7. The topological polar surface area (TPSA) is 63.2 Å². The Morgan fingerprint density at radius 2 is 1.71 bits per heavy atom. The first-order chi connectivity index (χ1) is 6.24. The van der Waals surface area contributed by atoms with Crippen molar-refractivity contribution in [1.82, 2.24) is 5.32 Å². The molecule has 0 aliphatic heterocycles. The molecule has 0 rings (SSSR count). The van der Waals surface area contributed by atoms with Gasteiger partial charge in [0.1, 0.15) is 5.88 Å². The van der Waals surface area contributed by atoms with Crippen LogP contribution in [0.25, 0.3) is 0 Å². The van der Waals surface area contributed by atoms with Crippen LogP contribution in [0.15, 0.2) is 0 Å². The highest BCUT2D eigenvalue weighted by Crippen LogP contribution is 2.00. The molecule has 1 amide bonds. The molecule has 0 saturated carbocycles. The Morgan fingerprint density at radius 1 is 1.21 bits per heavy atom. The average Bonchev–Trinajstić information content (AvgIpc) is 1.97. The predicted molar refractivity (Wildman–Crippen MR) is 56.5 cm³/mol. The lowest BCUT2D eigenvalue weighted by Crippen LogP contribution is -2.34. The Morgan fingerprint density at radius 3 is 2.07 bits per heavy atom. The second kappa shape index (κ2) is 5.34. The molecule has 0 bridgehead atoms. The fraction of sp³-hybridized carbons (Fsp3) is 0.889. The smallest absolute Gasteiger partial charge is 0.223 e. The van der Waals surface area contributed by atoms with E-state index in [0.29, 0.717) is 0 Å². The molecule has 14 heavy (non-hydrogen) atoms. The fourth-order valence-corrected chi connectivity index (χ4v) is 2.45. The van der Waals surface area contributed by atoms with Crippen LogP contribution in [-0.4, -0.2) is 26.0 Å². The quantitative estimate of drug-likeness (QED) is 0.746. The van der Waals surface area contributed by atoms with Crippen LogP contribution < -0.4 is 5.32 Å². The minimum Gasteiger partial charge on any atom is -0.342 e. The molecule has 0 aliphatic rings. The zero-order chi connectivity index (χ0) is 11.4. The molecule has 0 aliphatic carbocycles. The van der Waals surface area contributed by atoms with Crippen molar-refractivity contribution in [2.75, 3.05) is 11.6 Å². The van der Waals surface area contributed by atoms with E-state index in [2.05, 4.69) is 5.32 Å². The molecule has 0 atom stereocenters. The van der Waals surface area contributed by atoms with Gasteiger partial charge in [-0.25, -0.2) is 8.42 Å². The highest BCUT2D eigenvalue weighted by molar-refractivity contribution is 7.91. The van der Waals surface area contributed by atoms with E-state index < -0.39 is 9.84 Å². The number of amides is 1. The van der Waals surface area contributed by atoms with Crippen molar-refractivity contribution in [3.8, 4) is 0 Å². The molecule has 0 fully saturated rings. The molecule has 0 aromatic carbocycles. The molecule has 1 N–H and O–H groups in total. The number of rotatable bonds is 5. The van der Waals surface area contributed by atoms with Gasteiger partial charge in [-0.15, -0.1) is 0 Å². The summed E-state index contributed by atoms with van der Waals surface area (Å²) in [7, 11) is -3.14. The van der Waals surface area contributed by atoms with E-state index in [1.807, 2.05) is 13.8 Å². The minimum absolute atomic E-state index is 0.0935. The van der Waals surface area contributed by atoms with Crippen LogP contribution in [-0.2, 0) is 14.6 Å². The van der Waals surface area contributed by atoms with E-state index in [0.717, 1.165) is 0 Å². The fourth-order valence-electron chi connectivity index (χ4n) is 0.952. The predicted octanol–water partition coefficient (Wildman–Crippen LogP) is 0.787. The van der Waals surface area contributed by atoms with E-state index in [-0.39, 0.29) is 29.4 Å². The molecular formula is C9H19NO3S. The lowest BCUT2D eigenvalue weighted by molar-refractivity contribution is -0.123. The third-order valence-electron chi connectivity index (χ3n) is 1.58. The first kappa shape index (κ1) is 13.4. The summed E-state index contributed by atoms with van der Waals surface area (Å²) >= 11 is 0. The molecule has 0 aromatic heterocycles. The molecular weight excluding hydrogens is 202 g/mol. The van der Waals surface area contributed by atoms with Gasteiger partial charge in [0.05, 0.1) is 5.75 Å². The second-order valence-corrected chi connectivity index (χ2v) is 6.25.